The Hall–Kier alpha value is -2.68. The number of carbonyl (C=O) groups is 4. The lowest BCUT2D eigenvalue weighted by Gasteiger charge is -2.49. The number of carboxylic acids is 1. The van der Waals surface area contributed by atoms with Crippen molar-refractivity contribution in [3.8, 4) is 0 Å². The van der Waals surface area contributed by atoms with Crippen molar-refractivity contribution in [1.29, 1.82) is 0 Å². The third-order valence-electron chi connectivity index (χ3n) is 8.27. The Balaban J connectivity index is 1.93. The average molecular weight is 716 g/mol. The number of aliphatic carboxylic acids is 1. The van der Waals surface area contributed by atoms with Crippen molar-refractivity contribution in [2.45, 2.75) is 125 Å². The maximum absolute atomic E-state index is 12.5. The van der Waals surface area contributed by atoms with E-state index in [4.69, 9.17) is 23.7 Å². The fourth-order valence-electron chi connectivity index (χ4n) is 5.86. The molecule has 22 heteroatoms. The highest BCUT2D eigenvalue weighted by Gasteiger charge is 2.57. The third kappa shape index (κ3) is 9.36. The first-order valence-electron chi connectivity index (χ1n) is 15.2. The zero-order valence-electron chi connectivity index (χ0n) is 26.6. The van der Waals surface area contributed by atoms with Crippen LogP contribution in [0.3, 0.4) is 0 Å². The molecule has 3 fully saturated rings. The summed E-state index contributed by atoms with van der Waals surface area (Å²) in [7, 11) is 0. The number of aliphatic hydroxyl groups excluding tert-OH is 9. The van der Waals surface area contributed by atoms with Gasteiger partial charge in [-0.05, 0) is 0 Å². The first-order chi connectivity index (χ1) is 22.9. The number of carboxylic acid groups (broad SMARTS) is 1. The summed E-state index contributed by atoms with van der Waals surface area (Å²) in [6.45, 7) is 0.357. The summed E-state index contributed by atoms with van der Waals surface area (Å²) in [5, 5.41) is 111. The van der Waals surface area contributed by atoms with E-state index in [-0.39, 0.29) is 0 Å². The van der Waals surface area contributed by atoms with Crippen LogP contribution in [0.2, 0.25) is 0 Å². The summed E-state index contributed by atoms with van der Waals surface area (Å²) in [6.07, 6.45) is -22.8. The lowest BCUT2D eigenvalue weighted by molar-refractivity contribution is -0.343. The Bertz CT molecular complexity index is 1170. The van der Waals surface area contributed by atoms with Gasteiger partial charge in [0.05, 0.1) is 32.0 Å². The first-order valence-corrected chi connectivity index (χ1v) is 15.2. The molecule has 0 radical (unpaired) electrons. The minimum atomic E-state index is -2.86. The molecule has 22 nitrogen and oxygen atoms in total. The van der Waals surface area contributed by atoms with E-state index in [9.17, 15) is 70.2 Å². The van der Waals surface area contributed by atoms with Crippen LogP contribution >= 0.6 is 0 Å². The predicted octanol–water partition coefficient (Wildman–Crippen LogP) is -7.94. The Labute approximate surface area is 278 Å². The SMILES string of the molecule is CC(=O)N[C@@H]1[C@@H](O[C@@H]2O[C@H](COC3(C(=O)O)C[C@H](O)[C@@H](NC(C)=O)[C@H]([C@H](O)[C@H](O)CO)O3)[C@H](O)[C@H](O)[C@H]2NC(C)=O)[C@H](O)[C@@H](CO)O[C@H]1O. The molecule has 0 aromatic heterocycles. The summed E-state index contributed by atoms with van der Waals surface area (Å²) in [6, 6.07) is -4.60. The van der Waals surface area contributed by atoms with Crippen LogP contribution < -0.4 is 16.0 Å². The van der Waals surface area contributed by atoms with Crippen molar-refractivity contribution in [3.05, 3.63) is 0 Å². The van der Waals surface area contributed by atoms with E-state index in [1.54, 1.807) is 0 Å². The van der Waals surface area contributed by atoms with Gasteiger partial charge < -0.3 is 90.7 Å². The number of aliphatic hydroxyl groups is 9. The Morgan fingerprint density at radius 1 is 0.816 bits per heavy atom. The molecule has 3 saturated heterocycles. The quantitative estimate of drug-likeness (QED) is 0.0842. The molecule has 1 unspecified atom stereocenters. The molecule has 16 atom stereocenters. The molecule has 3 aliphatic heterocycles. The molecule has 0 aromatic carbocycles. The molecule has 3 rings (SSSR count). The van der Waals surface area contributed by atoms with Gasteiger partial charge in [0, 0.05) is 27.2 Å². The highest BCUT2D eigenvalue weighted by atomic mass is 16.7. The van der Waals surface area contributed by atoms with Gasteiger partial charge >= 0.3 is 5.97 Å². The summed E-state index contributed by atoms with van der Waals surface area (Å²) >= 11 is 0. The minimum Gasteiger partial charge on any atom is -0.477 e. The predicted molar refractivity (Wildman–Crippen MR) is 153 cm³/mol. The van der Waals surface area contributed by atoms with Gasteiger partial charge in [-0.3, -0.25) is 14.4 Å². The van der Waals surface area contributed by atoms with Crippen molar-refractivity contribution in [3.63, 3.8) is 0 Å². The summed E-state index contributed by atoms with van der Waals surface area (Å²) in [5.74, 6) is -6.93. The fourth-order valence-corrected chi connectivity index (χ4v) is 5.86. The highest BCUT2D eigenvalue weighted by Crippen LogP contribution is 2.35. The highest BCUT2D eigenvalue weighted by molar-refractivity contribution is 5.76. The maximum atomic E-state index is 12.5. The molecule has 13 N–H and O–H groups in total. The van der Waals surface area contributed by atoms with Crippen molar-refractivity contribution in [1.82, 2.24) is 16.0 Å². The van der Waals surface area contributed by atoms with E-state index in [1.807, 2.05) is 0 Å². The Morgan fingerprint density at radius 3 is 1.92 bits per heavy atom. The van der Waals surface area contributed by atoms with Gasteiger partial charge in [0.25, 0.3) is 5.79 Å². The van der Waals surface area contributed by atoms with E-state index in [2.05, 4.69) is 16.0 Å². The molecule has 49 heavy (non-hydrogen) atoms. The number of amides is 3. The topological polar surface area (TPSA) is 353 Å². The first kappa shape index (κ1) is 40.7. The van der Waals surface area contributed by atoms with Crippen LogP contribution in [0, 0.1) is 0 Å². The molecule has 3 heterocycles. The van der Waals surface area contributed by atoms with Crippen molar-refractivity contribution >= 4 is 23.7 Å². The van der Waals surface area contributed by atoms with Gasteiger partial charge in [0.2, 0.25) is 17.7 Å². The Morgan fingerprint density at radius 2 is 1.39 bits per heavy atom. The number of hydrogen-bond donors (Lipinski definition) is 13. The van der Waals surface area contributed by atoms with Gasteiger partial charge in [-0.25, -0.2) is 4.79 Å². The number of ether oxygens (including phenoxy) is 5. The van der Waals surface area contributed by atoms with E-state index < -0.39 is 147 Å². The molecule has 0 spiro atoms. The van der Waals surface area contributed by atoms with Crippen LogP contribution in [0.1, 0.15) is 27.2 Å². The van der Waals surface area contributed by atoms with Crippen LogP contribution in [0.4, 0.5) is 0 Å². The second-order valence-electron chi connectivity index (χ2n) is 12.0. The van der Waals surface area contributed by atoms with E-state index in [0.29, 0.717) is 0 Å². The second kappa shape index (κ2) is 17.0. The fraction of sp³-hybridized carbons (Fsp3) is 0.852. The lowest BCUT2D eigenvalue weighted by atomic mass is 9.88. The molecule has 0 aliphatic carbocycles. The molecule has 0 aromatic rings. The molecule has 3 aliphatic rings. The lowest BCUT2D eigenvalue weighted by Crippen LogP contribution is -2.70. The zero-order valence-corrected chi connectivity index (χ0v) is 26.6. The molecular formula is C27H45N3O19. The van der Waals surface area contributed by atoms with E-state index in [0.717, 1.165) is 20.8 Å². The summed E-state index contributed by atoms with van der Waals surface area (Å²) < 4.78 is 27.8. The standard InChI is InChI=1S/C27H45N3O19/c1-8(33)28-15-11(36)4-27(26(43)44,49-23(15)18(38)12(37)5-31)45-7-14-19(39)21(41)16(29-9(2)34)25(47-14)48-22-17(30-10(3)35)24(42)46-13(6-32)20(22)40/h11-25,31-32,36-42H,4-7H2,1-3H3,(H,28,33)(H,29,34)(H,30,35)(H,43,44)/t11-,12+,13+,14+,15+,16+,17+,18+,19-,20+,21+,22+,23+,24+,25-,27?/m0/s1. The smallest absolute Gasteiger partial charge is 0.364 e. The molecule has 0 saturated carbocycles. The number of hydrogen-bond acceptors (Lipinski definition) is 18. The molecule has 282 valence electrons. The second-order valence-corrected chi connectivity index (χ2v) is 12.0. The minimum absolute atomic E-state index is 0.704. The van der Waals surface area contributed by atoms with Crippen LogP contribution in [0.15, 0.2) is 0 Å². The largest absolute Gasteiger partial charge is 0.477 e. The van der Waals surface area contributed by atoms with Gasteiger partial charge in [-0.2, -0.15) is 0 Å². The monoisotopic (exact) mass is 715 g/mol. The van der Waals surface area contributed by atoms with Gasteiger partial charge in [0.15, 0.2) is 12.6 Å². The van der Waals surface area contributed by atoms with Gasteiger partial charge in [-0.15, -0.1) is 0 Å². The van der Waals surface area contributed by atoms with E-state index in [1.165, 1.54) is 0 Å². The Kier molecular flexibility index (Phi) is 14.2. The van der Waals surface area contributed by atoms with Crippen molar-refractivity contribution in [2.75, 3.05) is 19.8 Å². The molecule has 3 amide bonds. The summed E-state index contributed by atoms with van der Waals surface area (Å²) in [5.41, 5.74) is 0. The maximum Gasteiger partial charge on any atom is 0.364 e. The average Bonchev–Trinajstić information content (AvgIpc) is 3.02. The van der Waals surface area contributed by atoms with Gasteiger partial charge in [0.1, 0.15) is 67.0 Å². The normalized spacial score (nSPS) is 40.9. The van der Waals surface area contributed by atoms with E-state index >= 15 is 0 Å². The van der Waals surface area contributed by atoms with Crippen LogP contribution in [-0.2, 0) is 42.9 Å². The van der Waals surface area contributed by atoms with Gasteiger partial charge in [-0.1, -0.05) is 0 Å². The van der Waals surface area contributed by atoms with Crippen LogP contribution in [0.25, 0.3) is 0 Å². The molecule has 0 bridgehead atoms. The van der Waals surface area contributed by atoms with Crippen molar-refractivity contribution in [2.24, 2.45) is 0 Å². The van der Waals surface area contributed by atoms with Crippen LogP contribution in [0.5, 0.6) is 0 Å². The number of nitrogens with one attached hydrogen (secondary N) is 3. The number of rotatable bonds is 13. The zero-order chi connectivity index (χ0) is 37.0. The molecular weight excluding hydrogens is 670 g/mol. The third-order valence-corrected chi connectivity index (χ3v) is 8.27. The number of carbonyl (C=O) groups excluding carboxylic acids is 3. The summed E-state index contributed by atoms with van der Waals surface area (Å²) in [4.78, 5) is 48.2. The van der Waals surface area contributed by atoms with Crippen LogP contribution in [-0.4, -0.2) is 192 Å². The van der Waals surface area contributed by atoms with Crippen molar-refractivity contribution < 1.29 is 93.9 Å².